The molecule has 6 nitrogen and oxygen atoms in total. The maximum absolute atomic E-state index is 6.10. The zero-order valence-corrected chi connectivity index (χ0v) is 16.3. The van der Waals surface area contributed by atoms with E-state index in [0.29, 0.717) is 44.7 Å². The van der Waals surface area contributed by atoms with Gasteiger partial charge >= 0.3 is 0 Å². The summed E-state index contributed by atoms with van der Waals surface area (Å²) in [5.74, 6) is 1.77. The molecule has 0 atom stereocenters. The van der Waals surface area contributed by atoms with Gasteiger partial charge in [0.2, 0.25) is 0 Å². The molecule has 0 fully saturated rings. The fourth-order valence-electron chi connectivity index (χ4n) is 2.56. The molecule has 0 bridgehead atoms. The van der Waals surface area contributed by atoms with Crippen LogP contribution in [-0.4, -0.2) is 25.8 Å². The molecule has 27 heavy (non-hydrogen) atoms. The van der Waals surface area contributed by atoms with Gasteiger partial charge in [0.1, 0.15) is 11.5 Å². The molecule has 0 saturated heterocycles. The van der Waals surface area contributed by atoms with Crippen molar-refractivity contribution in [1.82, 2.24) is 0 Å². The molecule has 0 aromatic heterocycles. The lowest BCUT2D eigenvalue weighted by molar-refractivity contribution is 0.133. The first-order chi connectivity index (χ1) is 13.2. The lowest BCUT2D eigenvalue weighted by Gasteiger charge is -2.14. The van der Waals surface area contributed by atoms with E-state index in [0.717, 1.165) is 22.6 Å². The number of aliphatic imine (C=N–C) groups is 1. The Hall–Kier alpha value is -2.73. The molecule has 6 heteroatoms. The summed E-state index contributed by atoms with van der Waals surface area (Å²) in [6, 6.07) is 13.7. The summed E-state index contributed by atoms with van der Waals surface area (Å²) in [6.45, 7) is 8.73. The van der Waals surface area contributed by atoms with Crippen molar-refractivity contribution in [3.8, 4) is 11.5 Å². The van der Waals surface area contributed by atoms with Crippen LogP contribution in [0.2, 0.25) is 0 Å². The van der Waals surface area contributed by atoms with Gasteiger partial charge in [-0.15, -0.1) is 0 Å². The van der Waals surface area contributed by atoms with Crippen LogP contribution in [0, 0.1) is 0 Å². The normalized spacial score (nSPS) is 11.3. The Labute approximate surface area is 161 Å². The second-order valence-corrected chi connectivity index (χ2v) is 5.76. The first-order valence-corrected chi connectivity index (χ1v) is 9.29. The van der Waals surface area contributed by atoms with Crippen molar-refractivity contribution in [1.29, 1.82) is 0 Å². The van der Waals surface area contributed by atoms with Crippen molar-refractivity contribution in [3.63, 3.8) is 0 Å². The van der Waals surface area contributed by atoms with Gasteiger partial charge in [0, 0.05) is 12.7 Å². The van der Waals surface area contributed by atoms with E-state index in [2.05, 4.69) is 10.3 Å². The third kappa shape index (κ3) is 6.49. The van der Waals surface area contributed by atoms with Gasteiger partial charge in [-0.2, -0.15) is 0 Å². The van der Waals surface area contributed by atoms with E-state index in [1.54, 1.807) is 0 Å². The molecule has 0 aliphatic carbocycles. The van der Waals surface area contributed by atoms with Crippen LogP contribution in [0.1, 0.15) is 31.9 Å². The Balaban J connectivity index is 2.12. The Kier molecular flexibility index (Phi) is 8.45. The topological polar surface area (TPSA) is 78.1 Å². The van der Waals surface area contributed by atoms with Gasteiger partial charge in [0.05, 0.1) is 32.1 Å². The zero-order chi connectivity index (χ0) is 19.5. The van der Waals surface area contributed by atoms with Crippen molar-refractivity contribution in [2.45, 2.75) is 33.9 Å². The number of benzene rings is 2. The number of nitrogens with one attached hydrogen (secondary N) is 1. The van der Waals surface area contributed by atoms with Crippen LogP contribution in [-0.2, 0) is 17.9 Å². The van der Waals surface area contributed by atoms with Crippen LogP contribution < -0.4 is 20.5 Å². The molecule has 3 N–H and O–H groups in total. The highest BCUT2D eigenvalue weighted by Crippen LogP contribution is 2.29. The van der Waals surface area contributed by atoms with Gasteiger partial charge in [0.25, 0.3) is 0 Å². The molecular formula is C21H29N3O3. The molecule has 0 radical (unpaired) electrons. The second kappa shape index (κ2) is 11.1. The predicted octanol–water partition coefficient (Wildman–Crippen LogP) is 3.95. The van der Waals surface area contributed by atoms with Gasteiger partial charge in [0.15, 0.2) is 5.96 Å². The number of anilines is 1. The summed E-state index contributed by atoms with van der Waals surface area (Å²) in [6.07, 6.45) is 0. The number of rotatable bonds is 10. The molecule has 0 amide bonds. The third-order valence-corrected chi connectivity index (χ3v) is 3.82. The van der Waals surface area contributed by atoms with Crippen LogP contribution in [0.5, 0.6) is 11.5 Å². The Morgan fingerprint density at radius 2 is 1.70 bits per heavy atom. The van der Waals surface area contributed by atoms with E-state index >= 15 is 0 Å². The summed E-state index contributed by atoms with van der Waals surface area (Å²) < 4.78 is 16.7. The van der Waals surface area contributed by atoms with Gasteiger partial charge in [-0.05, 0) is 44.0 Å². The average Bonchev–Trinajstić information content (AvgIpc) is 2.67. The fourth-order valence-corrected chi connectivity index (χ4v) is 2.56. The number of hydrogen-bond acceptors (Lipinski definition) is 4. The van der Waals surface area contributed by atoms with Crippen molar-refractivity contribution in [2.24, 2.45) is 10.7 Å². The number of hydrogen-bond donors (Lipinski definition) is 2. The molecule has 0 aliphatic heterocycles. The summed E-state index contributed by atoms with van der Waals surface area (Å²) in [5, 5.41) is 3.12. The molecule has 0 spiro atoms. The predicted molar refractivity (Wildman–Crippen MR) is 110 cm³/mol. The van der Waals surface area contributed by atoms with Crippen molar-refractivity contribution >= 4 is 11.6 Å². The Bertz CT molecular complexity index is 747. The Morgan fingerprint density at radius 3 is 2.41 bits per heavy atom. The van der Waals surface area contributed by atoms with Crippen molar-refractivity contribution in [2.75, 3.05) is 25.1 Å². The molecule has 2 aromatic rings. The first-order valence-electron chi connectivity index (χ1n) is 9.29. The highest BCUT2D eigenvalue weighted by molar-refractivity contribution is 5.94. The first kappa shape index (κ1) is 20.6. The van der Waals surface area contributed by atoms with Crippen LogP contribution in [0.3, 0.4) is 0 Å². The molecule has 0 unspecified atom stereocenters. The summed E-state index contributed by atoms with van der Waals surface area (Å²) >= 11 is 0. The SMILES string of the molecule is CCOCc1ccccc1CN=C(N)Nc1cc(OCC)ccc1OCC. The number of ether oxygens (including phenoxy) is 3. The second-order valence-electron chi connectivity index (χ2n) is 5.76. The van der Waals surface area contributed by atoms with E-state index in [1.807, 2.05) is 63.2 Å². The number of guanidine groups is 1. The number of nitrogens with two attached hydrogens (primary N) is 1. The molecular weight excluding hydrogens is 342 g/mol. The van der Waals surface area contributed by atoms with Gasteiger partial charge < -0.3 is 25.3 Å². The largest absolute Gasteiger partial charge is 0.494 e. The summed E-state index contributed by atoms with van der Waals surface area (Å²) in [4.78, 5) is 4.47. The van der Waals surface area contributed by atoms with E-state index in [1.165, 1.54) is 0 Å². The lowest BCUT2D eigenvalue weighted by Crippen LogP contribution is -2.23. The van der Waals surface area contributed by atoms with Crippen LogP contribution in [0.4, 0.5) is 5.69 Å². The molecule has 0 saturated carbocycles. The van der Waals surface area contributed by atoms with Gasteiger partial charge in [-0.3, -0.25) is 0 Å². The Morgan fingerprint density at radius 1 is 0.963 bits per heavy atom. The van der Waals surface area contributed by atoms with Gasteiger partial charge in [-0.1, -0.05) is 24.3 Å². The standard InChI is InChI=1S/C21H29N3O3/c1-4-25-15-17-10-8-7-9-16(17)14-23-21(22)24-19-13-18(26-5-2)11-12-20(19)27-6-3/h7-13H,4-6,14-15H2,1-3H3,(H3,22,23,24). The third-order valence-electron chi connectivity index (χ3n) is 3.82. The molecule has 2 rings (SSSR count). The molecule has 0 aliphatic rings. The van der Waals surface area contributed by atoms with Gasteiger partial charge in [-0.25, -0.2) is 4.99 Å². The maximum Gasteiger partial charge on any atom is 0.193 e. The van der Waals surface area contributed by atoms with Crippen LogP contribution in [0.25, 0.3) is 0 Å². The summed E-state index contributed by atoms with van der Waals surface area (Å²) in [5.41, 5.74) is 9.03. The monoisotopic (exact) mass is 371 g/mol. The maximum atomic E-state index is 6.10. The molecule has 2 aromatic carbocycles. The molecule has 0 heterocycles. The minimum Gasteiger partial charge on any atom is -0.494 e. The smallest absolute Gasteiger partial charge is 0.193 e. The zero-order valence-electron chi connectivity index (χ0n) is 16.3. The van der Waals surface area contributed by atoms with E-state index in [-0.39, 0.29) is 0 Å². The molecule has 146 valence electrons. The minimum absolute atomic E-state index is 0.316. The lowest BCUT2D eigenvalue weighted by atomic mass is 10.1. The average molecular weight is 371 g/mol. The van der Waals surface area contributed by atoms with Crippen molar-refractivity contribution < 1.29 is 14.2 Å². The van der Waals surface area contributed by atoms with E-state index in [9.17, 15) is 0 Å². The highest BCUT2D eigenvalue weighted by Gasteiger charge is 2.08. The summed E-state index contributed by atoms with van der Waals surface area (Å²) in [7, 11) is 0. The van der Waals surface area contributed by atoms with Crippen LogP contribution in [0.15, 0.2) is 47.5 Å². The quantitative estimate of drug-likeness (QED) is 0.488. The minimum atomic E-state index is 0.316. The highest BCUT2D eigenvalue weighted by atomic mass is 16.5. The fraction of sp³-hybridized carbons (Fsp3) is 0.381. The van der Waals surface area contributed by atoms with E-state index in [4.69, 9.17) is 19.9 Å². The van der Waals surface area contributed by atoms with Crippen LogP contribution >= 0.6 is 0 Å². The number of nitrogens with zero attached hydrogens (tertiary/aromatic N) is 1. The van der Waals surface area contributed by atoms with E-state index < -0.39 is 0 Å². The van der Waals surface area contributed by atoms with Crippen molar-refractivity contribution in [3.05, 3.63) is 53.6 Å².